The standard InChI is InChI=1S/C14H6ClF5O/c15-8(6-4-2-1-3-5-6)14(21)7-9(16)11(18)13(20)12(19)10(7)17/h1-5,8H. The number of rotatable bonds is 3. The Morgan fingerprint density at radius 3 is 1.71 bits per heavy atom. The van der Waals surface area contributed by atoms with E-state index in [1.807, 2.05) is 0 Å². The van der Waals surface area contributed by atoms with Gasteiger partial charge in [0, 0.05) is 0 Å². The highest BCUT2D eigenvalue weighted by Gasteiger charge is 2.32. The molecule has 1 nitrogen and oxygen atoms in total. The van der Waals surface area contributed by atoms with Crippen molar-refractivity contribution in [1.82, 2.24) is 0 Å². The van der Waals surface area contributed by atoms with Crippen molar-refractivity contribution < 1.29 is 26.7 Å². The molecule has 1 atom stereocenters. The summed E-state index contributed by atoms with van der Waals surface area (Å²) in [5, 5.41) is -1.57. The van der Waals surface area contributed by atoms with Crippen molar-refractivity contribution in [3.05, 3.63) is 70.5 Å². The molecular weight excluding hydrogens is 315 g/mol. The number of carbonyl (C=O) groups excluding carboxylic acids is 1. The number of hydrogen-bond acceptors (Lipinski definition) is 1. The zero-order valence-electron chi connectivity index (χ0n) is 10.1. The molecule has 0 amide bonds. The summed E-state index contributed by atoms with van der Waals surface area (Å²) in [6, 6.07) is 7.41. The minimum Gasteiger partial charge on any atom is -0.292 e. The summed E-state index contributed by atoms with van der Waals surface area (Å²) in [4.78, 5) is 11.9. The second-order valence-electron chi connectivity index (χ2n) is 4.08. The Bertz CT molecular complexity index is 673. The fourth-order valence-corrected chi connectivity index (χ4v) is 1.98. The van der Waals surface area contributed by atoms with Crippen LogP contribution < -0.4 is 0 Å². The van der Waals surface area contributed by atoms with E-state index < -0.39 is 45.8 Å². The summed E-state index contributed by atoms with van der Waals surface area (Å²) in [6.45, 7) is 0. The molecular formula is C14H6ClF5O. The molecule has 0 saturated carbocycles. The van der Waals surface area contributed by atoms with Crippen LogP contribution in [0.25, 0.3) is 0 Å². The Hall–Kier alpha value is -1.95. The summed E-state index contributed by atoms with van der Waals surface area (Å²) in [7, 11) is 0. The van der Waals surface area contributed by atoms with Gasteiger partial charge < -0.3 is 0 Å². The minimum atomic E-state index is -2.33. The van der Waals surface area contributed by atoms with Gasteiger partial charge in [0.2, 0.25) is 5.82 Å². The third-order valence-corrected chi connectivity index (χ3v) is 3.23. The van der Waals surface area contributed by atoms with Crippen LogP contribution in [0.2, 0.25) is 0 Å². The van der Waals surface area contributed by atoms with Crippen molar-refractivity contribution in [2.24, 2.45) is 0 Å². The van der Waals surface area contributed by atoms with E-state index in [2.05, 4.69) is 0 Å². The minimum absolute atomic E-state index is 0.174. The summed E-state index contributed by atoms with van der Waals surface area (Å²) in [6.07, 6.45) is 0. The first kappa shape index (κ1) is 15.4. The van der Waals surface area contributed by atoms with Gasteiger partial charge in [0.25, 0.3) is 0 Å². The molecule has 21 heavy (non-hydrogen) atoms. The molecule has 0 heterocycles. The van der Waals surface area contributed by atoms with Gasteiger partial charge in [0.1, 0.15) is 5.38 Å². The van der Waals surface area contributed by atoms with Gasteiger partial charge in [-0.2, -0.15) is 0 Å². The first-order valence-electron chi connectivity index (χ1n) is 5.61. The Morgan fingerprint density at radius 2 is 1.24 bits per heavy atom. The largest absolute Gasteiger partial charge is 0.292 e. The number of ketones is 1. The van der Waals surface area contributed by atoms with Gasteiger partial charge in [-0.1, -0.05) is 30.3 Å². The Kier molecular flexibility index (Phi) is 4.27. The Morgan fingerprint density at radius 1 is 0.810 bits per heavy atom. The molecule has 0 aliphatic carbocycles. The van der Waals surface area contributed by atoms with E-state index in [1.165, 1.54) is 24.3 Å². The van der Waals surface area contributed by atoms with E-state index in [0.717, 1.165) is 0 Å². The van der Waals surface area contributed by atoms with Crippen molar-refractivity contribution >= 4 is 17.4 Å². The normalized spacial score (nSPS) is 12.3. The summed E-state index contributed by atoms with van der Waals surface area (Å²) < 4.78 is 66.1. The predicted octanol–water partition coefficient (Wildman–Crippen LogP) is 4.54. The van der Waals surface area contributed by atoms with Gasteiger partial charge in [-0.3, -0.25) is 4.79 Å². The second-order valence-corrected chi connectivity index (χ2v) is 4.52. The molecule has 0 aromatic heterocycles. The molecule has 0 bridgehead atoms. The lowest BCUT2D eigenvalue weighted by molar-refractivity contribution is 0.0975. The zero-order chi connectivity index (χ0) is 15.7. The number of benzene rings is 2. The monoisotopic (exact) mass is 320 g/mol. The van der Waals surface area contributed by atoms with E-state index in [1.54, 1.807) is 6.07 Å². The van der Waals surface area contributed by atoms with Crippen molar-refractivity contribution in [1.29, 1.82) is 0 Å². The van der Waals surface area contributed by atoms with Gasteiger partial charge in [-0.05, 0) is 5.56 Å². The quantitative estimate of drug-likeness (QED) is 0.267. The first-order chi connectivity index (χ1) is 9.86. The van der Waals surface area contributed by atoms with Gasteiger partial charge >= 0.3 is 0 Å². The SMILES string of the molecule is O=C(c1c(F)c(F)c(F)c(F)c1F)C(Cl)c1ccccc1. The van der Waals surface area contributed by atoms with Crippen LogP contribution in [0.15, 0.2) is 30.3 Å². The molecule has 110 valence electrons. The molecule has 7 heteroatoms. The van der Waals surface area contributed by atoms with Crippen molar-refractivity contribution in [2.45, 2.75) is 5.38 Å². The molecule has 0 aliphatic heterocycles. The Labute approximate surface area is 121 Å². The van der Waals surface area contributed by atoms with Crippen LogP contribution in [0.3, 0.4) is 0 Å². The van der Waals surface area contributed by atoms with Crippen LogP contribution in [-0.2, 0) is 0 Å². The zero-order valence-corrected chi connectivity index (χ0v) is 10.9. The lowest BCUT2D eigenvalue weighted by Crippen LogP contribution is -2.16. The maximum Gasteiger partial charge on any atom is 0.200 e. The van der Waals surface area contributed by atoms with Crippen molar-refractivity contribution in [3.63, 3.8) is 0 Å². The number of Topliss-reactive ketones (excluding diaryl/α,β-unsaturated/α-hetero) is 1. The fraction of sp³-hybridized carbons (Fsp3) is 0.0714. The first-order valence-corrected chi connectivity index (χ1v) is 6.04. The van der Waals surface area contributed by atoms with Crippen molar-refractivity contribution in [2.75, 3.05) is 0 Å². The summed E-state index contributed by atoms with van der Waals surface area (Å²) in [5.41, 5.74) is -1.37. The van der Waals surface area contributed by atoms with Crippen LogP contribution in [0, 0.1) is 29.1 Å². The molecule has 0 radical (unpaired) electrons. The highest BCUT2D eigenvalue weighted by molar-refractivity contribution is 6.34. The summed E-state index contributed by atoms with van der Waals surface area (Å²) in [5.74, 6) is -12.5. The number of carbonyl (C=O) groups is 1. The maximum atomic E-state index is 13.5. The van der Waals surface area contributed by atoms with Crippen LogP contribution in [0.1, 0.15) is 21.3 Å². The second kappa shape index (κ2) is 5.81. The van der Waals surface area contributed by atoms with Gasteiger partial charge in [0.05, 0.1) is 5.56 Å². The van der Waals surface area contributed by atoms with Crippen LogP contribution in [0.5, 0.6) is 0 Å². The van der Waals surface area contributed by atoms with E-state index in [-0.39, 0.29) is 5.56 Å². The number of alkyl halides is 1. The molecule has 2 aromatic rings. The molecule has 2 rings (SSSR count). The molecule has 0 saturated heterocycles. The summed E-state index contributed by atoms with van der Waals surface area (Å²) >= 11 is 5.76. The average molecular weight is 321 g/mol. The highest BCUT2D eigenvalue weighted by Crippen LogP contribution is 2.30. The van der Waals surface area contributed by atoms with Crippen LogP contribution in [-0.4, -0.2) is 5.78 Å². The lowest BCUT2D eigenvalue weighted by Gasteiger charge is -2.11. The predicted molar refractivity (Wildman–Crippen MR) is 65.6 cm³/mol. The maximum absolute atomic E-state index is 13.5. The molecule has 1 unspecified atom stereocenters. The molecule has 0 N–H and O–H groups in total. The van der Waals surface area contributed by atoms with Gasteiger partial charge in [-0.15, -0.1) is 11.6 Å². The molecule has 0 fully saturated rings. The van der Waals surface area contributed by atoms with Crippen LogP contribution in [0.4, 0.5) is 22.0 Å². The van der Waals surface area contributed by atoms with Crippen LogP contribution >= 0.6 is 11.6 Å². The fourth-order valence-electron chi connectivity index (χ4n) is 1.72. The number of hydrogen-bond donors (Lipinski definition) is 0. The third-order valence-electron chi connectivity index (χ3n) is 2.78. The van der Waals surface area contributed by atoms with E-state index in [9.17, 15) is 26.7 Å². The van der Waals surface area contributed by atoms with E-state index in [0.29, 0.717) is 0 Å². The van der Waals surface area contributed by atoms with Crippen molar-refractivity contribution in [3.8, 4) is 0 Å². The third kappa shape index (κ3) is 2.63. The molecule has 2 aromatic carbocycles. The van der Waals surface area contributed by atoms with E-state index >= 15 is 0 Å². The van der Waals surface area contributed by atoms with Gasteiger partial charge in [0.15, 0.2) is 29.1 Å². The topological polar surface area (TPSA) is 17.1 Å². The number of halogens is 6. The average Bonchev–Trinajstić information content (AvgIpc) is 2.51. The smallest absolute Gasteiger partial charge is 0.200 e. The molecule has 0 aliphatic rings. The molecule has 0 spiro atoms. The highest BCUT2D eigenvalue weighted by atomic mass is 35.5. The van der Waals surface area contributed by atoms with E-state index in [4.69, 9.17) is 11.6 Å². The van der Waals surface area contributed by atoms with Gasteiger partial charge in [-0.25, -0.2) is 22.0 Å². The Balaban J connectivity index is 2.55. The lowest BCUT2D eigenvalue weighted by atomic mass is 10.0.